The third-order valence-corrected chi connectivity index (χ3v) is 16.7. The SMILES string of the molecule is C=C1C(C)CCC2(C(=O)OC3OC(CO)C(O)C(O)C3O)CCC3(C)C(=CCC4C5(C)CCC(OC6OC(CO)C(O)C6O)C(C)(C)C5CCC43C)C12. The molecule has 300 valence electrons. The van der Waals surface area contributed by atoms with Crippen LogP contribution in [-0.4, -0.2) is 116 Å². The minimum atomic E-state index is -1.67. The number of esters is 1. The van der Waals surface area contributed by atoms with Crippen LogP contribution < -0.4 is 0 Å². The third kappa shape index (κ3) is 5.62. The number of carbonyl (C=O) groups excluding carboxylic acids is 1. The van der Waals surface area contributed by atoms with Crippen molar-refractivity contribution in [1.82, 2.24) is 0 Å². The molecule has 0 bridgehead atoms. The second kappa shape index (κ2) is 13.6. The monoisotopic (exact) mass is 748 g/mol. The van der Waals surface area contributed by atoms with Gasteiger partial charge in [0.1, 0.15) is 42.7 Å². The van der Waals surface area contributed by atoms with E-state index < -0.39 is 79.9 Å². The van der Waals surface area contributed by atoms with E-state index in [1.807, 2.05) is 0 Å². The summed E-state index contributed by atoms with van der Waals surface area (Å²) in [7, 11) is 0. The summed E-state index contributed by atoms with van der Waals surface area (Å²) in [5.41, 5.74) is 0.771. The van der Waals surface area contributed by atoms with Crippen molar-refractivity contribution in [3.05, 3.63) is 23.8 Å². The average Bonchev–Trinajstić information content (AvgIpc) is 3.39. The zero-order valence-electron chi connectivity index (χ0n) is 32.3. The van der Waals surface area contributed by atoms with E-state index in [1.165, 1.54) is 5.57 Å². The zero-order valence-corrected chi connectivity index (χ0v) is 32.3. The first-order valence-electron chi connectivity index (χ1n) is 20.0. The van der Waals surface area contributed by atoms with Crippen LogP contribution in [0.15, 0.2) is 23.8 Å². The second-order valence-electron chi connectivity index (χ2n) is 19.2. The molecule has 0 aromatic rings. The molecule has 2 saturated heterocycles. The molecule has 53 heavy (non-hydrogen) atoms. The molecule has 2 heterocycles. The molecule has 0 radical (unpaired) electrons. The lowest BCUT2D eigenvalue weighted by molar-refractivity contribution is -0.297. The molecule has 0 aromatic heterocycles. The van der Waals surface area contributed by atoms with Gasteiger partial charge in [-0.15, -0.1) is 0 Å². The fourth-order valence-electron chi connectivity index (χ4n) is 13.2. The van der Waals surface area contributed by atoms with E-state index in [0.717, 1.165) is 50.5 Å². The summed E-state index contributed by atoms with van der Waals surface area (Å²) in [5.74, 6) is 0.118. The Morgan fingerprint density at radius 3 is 2.08 bits per heavy atom. The Morgan fingerprint density at radius 2 is 1.42 bits per heavy atom. The Hall–Kier alpha value is -1.45. The van der Waals surface area contributed by atoms with Crippen LogP contribution in [0.1, 0.15) is 99.3 Å². The highest BCUT2D eigenvalue weighted by atomic mass is 16.7. The minimum absolute atomic E-state index is 0.0167. The van der Waals surface area contributed by atoms with Gasteiger partial charge in [-0.1, -0.05) is 65.3 Å². The maximum absolute atomic E-state index is 14.5. The van der Waals surface area contributed by atoms with Gasteiger partial charge >= 0.3 is 5.97 Å². The van der Waals surface area contributed by atoms with Crippen molar-refractivity contribution in [1.29, 1.82) is 0 Å². The first kappa shape index (κ1) is 39.8. The molecule has 12 nitrogen and oxygen atoms in total. The molecule has 18 atom stereocenters. The van der Waals surface area contributed by atoms with E-state index in [-0.39, 0.29) is 39.6 Å². The van der Waals surface area contributed by atoms with Gasteiger partial charge in [-0.3, -0.25) is 4.79 Å². The van der Waals surface area contributed by atoms with Crippen LogP contribution in [-0.2, 0) is 23.7 Å². The van der Waals surface area contributed by atoms with Crippen molar-refractivity contribution in [2.75, 3.05) is 13.2 Å². The lowest BCUT2D eigenvalue weighted by Gasteiger charge is -2.71. The molecule has 7 N–H and O–H groups in total. The van der Waals surface area contributed by atoms with Crippen LogP contribution in [0.2, 0.25) is 0 Å². The van der Waals surface area contributed by atoms with E-state index in [1.54, 1.807) is 0 Å². The predicted octanol–water partition coefficient (Wildman–Crippen LogP) is 2.73. The Balaban J connectivity index is 1.17. The Bertz CT molecular complexity index is 1460. The molecule has 0 amide bonds. The summed E-state index contributed by atoms with van der Waals surface area (Å²) in [6.07, 6.45) is -2.39. The van der Waals surface area contributed by atoms with Crippen molar-refractivity contribution in [2.24, 2.45) is 50.7 Å². The summed E-state index contributed by atoms with van der Waals surface area (Å²) in [6.45, 7) is 17.6. The zero-order chi connectivity index (χ0) is 38.6. The van der Waals surface area contributed by atoms with Gasteiger partial charge in [-0.2, -0.15) is 0 Å². The number of rotatable bonds is 6. The lowest BCUT2D eigenvalue weighted by Crippen LogP contribution is -2.65. The number of fused-ring (bicyclic) bond motifs is 7. The van der Waals surface area contributed by atoms with Gasteiger partial charge in [0.2, 0.25) is 6.29 Å². The molecule has 4 saturated carbocycles. The lowest BCUT2D eigenvalue weighted by atomic mass is 9.33. The summed E-state index contributed by atoms with van der Waals surface area (Å²) < 4.78 is 23.8. The predicted molar refractivity (Wildman–Crippen MR) is 191 cm³/mol. The van der Waals surface area contributed by atoms with Gasteiger partial charge in [0, 0.05) is 5.92 Å². The highest BCUT2D eigenvalue weighted by molar-refractivity contribution is 5.80. The van der Waals surface area contributed by atoms with Crippen LogP contribution in [0.4, 0.5) is 0 Å². The summed E-state index contributed by atoms with van der Waals surface area (Å²) >= 11 is 0. The molecule has 2 aliphatic heterocycles. The van der Waals surface area contributed by atoms with Crippen LogP contribution >= 0.6 is 0 Å². The highest BCUT2D eigenvalue weighted by Crippen LogP contribution is 2.76. The van der Waals surface area contributed by atoms with Gasteiger partial charge in [0.15, 0.2) is 6.29 Å². The Morgan fingerprint density at radius 1 is 0.792 bits per heavy atom. The second-order valence-corrected chi connectivity index (χ2v) is 19.2. The molecule has 6 fully saturated rings. The van der Waals surface area contributed by atoms with E-state index in [4.69, 9.17) is 18.9 Å². The molecule has 7 rings (SSSR count). The number of ether oxygens (including phenoxy) is 4. The minimum Gasteiger partial charge on any atom is -0.432 e. The van der Waals surface area contributed by atoms with E-state index in [0.29, 0.717) is 24.7 Å². The standard InChI is InChI=1S/C41H64O12/c1-20-10-15-41(36(49)53-35-33(48)31(46)29(44)23(18-42)51-35)17-16-39(6)22(28(41)21(20)2)8-9-26-38(5)13-12-27(37(3,4)25(38)11-14-40(26,39)7)52-34-32(47)30(45)24(19-43)50-34/h8,20,23-35,42-48H,2,9-19H2,1,3-7H3. The van der Waals surface area contributed by atoms with Crippen molar-refractivity contribution in [3.8, 4) is 0 Å². The molecule has 7 aliphatic rings. The average molecular weight is 749 g/mol. The number of hydrogen-bond acceptors (Lipinski definition) is 12. The number of aliphatic hydroxyl groups excluding tert-OH is 7. The van der Waals surface area contributed by atoms with Crippen LogP contribution in [0.25, 0.3) is 0 Å². The highest BCUT2D eigenvalue weighted by Gasteiger charge is 2.70. The number of aliphatic hydroxyl groups is 7. The molecular formula is C41H64O12. The smallest absolute Gasteiger partial charge is 0.315 e. The van der Waals surface area contributed by atoms with Gasteiger partial charge in [-0.25, -0.2) is 0 Å². The first-order valence-corrected chi connectivity index (χ1v) is 20.0. The van der Waals surface area contributed by atoms with Gasteiger partial charge in [0.25, 0.3) is 0 Å². The third-order valence-electron chi connectivity index (χ3n) is 16.7. The van der Waals surface area contributed by atoms with Crippen molar-refractivity contribution < 1.29 is 59.5 Å². The van der Waals surface area contributed by atoms with Gasteiger partial charge < -0.3 is 54.7 Å². The maximum Gasteiger partial charge on any atom is 0.315 e. The summed E-state index contributed by atoms with van der Waals surface area (Å²) in [4.78, 5) is 14.5. The molecule has 5 aliphatic carbocycles. The van der Waals surface area contributed by atoms with E-state index >= 15 is 0 Å². The maximum atomic E-state index is 14.5. The first-order chi connectivity index (χ1) is 24.8. The molecule has 0 spiro atoms. The van der Waals surface area contributed by atoms with Gasteiger partial charge in [-0.05, 0) is 97.2 Å². The van der Waals surface area contributed by atoms with Crippen molar-refractivity contribution in [3.63, 3.8) is 0 Å². The fourth-order valence-corrected chi connectivity index (χ4v) is 13.2. The van der Waals surface area contributed by atoms with Crippen LogP contribution in [0.5, 0.6) is 0 Å². The molecular weight excluding hydrogens is 684 g/mol. The Labute approximate surface area is 313 Å². The topological polar surface area (TPSA) is 196 Å². The summed E-state index contributed by atoms with van der Waals surface area (Å²) in [6, 6.07) is 0. The van der Waals surface area contributed by atoms with Crippen molar-refractivity contribution >= 4 is 5.97 Å². The quantitative estimate of drug-likeness (QED) is 0.155. The largest absolute Gasteiger partial charge is 0.432 e. The molecule has 12 heteroatoms. The molecule has 0 aromatic carbocycles. The van der Waals surface area contributed by atoms with Crippen LogP contribution in [0, 0.1) is 50.7 Å². The normalized spacial score (nSPS) is 53.5. The molecule has 18 unspecified atom stereocenters. The van der Waals surface area contributed by atoms with E-state index in [2.05, 4.69) is 54.2 Å². The van der Waals surface area contributed by atoms with Gasteiger partial charge in [0.05, 0.1) is 24.7 Å². The fraction of sp³-hybridized carbons (Fsp3) is 0.878. The number of allylic oxidation sites excluding steroid dienone is 3. The number of carbonyl (C=O) groups is 1. The van der Waals surface area contributed by atoms with E-state index in [9.17, 15) is 40.5 Å². The van der Waals surface area contributed by atoms with Crippen molar-refractivity contribution in [2.45, 2.75) is 161 Å². The summed E-state index contributed by atoms with van der Waals surface area (Å²) in [5, 5.41) is 71.9. The van der Waals surface area contributed by atoms with Crippen LogP contribution in [0.3, 0.4) is 0 Å². The Kier molecular flexibility index (Phi) is 10.2. The number of hydrogen-bond donors (Lipinski definition) is 7.